The van der Waals surface area contributed by atoms with Crippen LogP contribution in [0.2, 0.25) is 0 Å². The molecule has 100 valence electrons. The maximum atomic E-state index is 9.45. The van der Waals surface area contributed by atoms with E-state index in [1.165, 1.54) is 4.90 Å². The van der Waals surface area contributed by atoms with Crippen LogP contribution in [0.3, 0.4) is 0 Å². The van der Waals surface area contributed by atoms with Crippen molar-refractivity contribution in [2.75, 3.05) is 12.3 Å². The van der Waals surface area contributed by atoms with Gasteiger partial charge in [0.1, 0.15) is 5.75 Å². The van der Waals surface area contributed by atoms with Crippen molar-refractivity contribution in [1.82, 2.24) is 5.32 Å². The Labute approximate surface area is 118 Å². The third kappa shape index (κ3) is 4.62. The molecular formula is C16H19NOS. The van der Waals surface area contributed by atoms with E-state index in [4.69, 9.17) is 0 Å². The number of nitrogens with one attached hydrogen (secondary N) is 1. The van der Waals surface area contributed by atoms with Gasteiger partial charge in [-0.05, 0) is 36.8 Å². The maximum absolute atomic E-state index is 9.45. The summed E-state index contributed by atoms with van der Waals surface area (Å²) in [7, 11) is 0. The molecule has 2 aromatic carbocycles. The normalized spacial score (nSPS) is 12.3. The Bertz CT molecular complexity index is 501. The van der Waals surface area contributed by atoms with Gasteiger partial charge in [-0.2, -0.15) is 0 Å². The van der Waals surface area contributed by atoms with E-state index in [2.05, 4.69) is 36.5 Å². The van der Waals surface area contributed by atoms with Crippen LogP contribution in [-0.2, 0) is 0 Å². The van der Waals surface area contributed by atoms with Gasteiger partial charge in [-0.1, -0.05) is 30.3 Å². The molecule has 2 aromatic rings. The molecule has 0 radical (unpaired) electrons. The third-order valence-electron chi connectivity index (χ3n) is 2.93. The number of benzene rings is 2. The van der Waals surface area contributed by atoms with Crippen LogP contribution in [-0.4, -0.2) is 17.4 Å². The van der Waals surface area contributed by atoms with Gasteiger partial charge < -0.3 is 10.4 Å². The van der Waals surface area contributed by atoms with Crippen LogP contribution in [0.15, 0.2) is 59.5 Å². The maximum Gasteiger partial charge on any atom is 0.115 e. The number of hydrogen-bond acceptors (Lipinski definition) is 3. The highest BCUT2D eigenvalue weighted by Crippen LogP contribution is 2.19. The summed E-state index contributed by atoms with van der Waals surface area (Å²) in [5.41, 5.74) is 1.12. The predicted molar refractivity (Wildman–Crippen MR) is 81.7 cm³/mol. The SMILES string of the molecule is CC(NCCSc1ccccc1)c1cccc(O)c1. The Hall–Kier alpha value is -1.45. The molecule has 0 aliphatic heterocycles. The fourth-order valence-corrected chi connectivity index (χ4v) is 2.68. The van der Waals surface area contributed by atoms with Gasteiger partial charge in [-0.15, -0.1) is 11.8 Å². The first-order valence-electron chi connectivity index (χ1n) is 6.46. The molecule has 0 fully saturated rings. The molecule has 0 heterocycles. The van der Waals surface area contributed by atoms with Gasteiger partial charge in [-0.3, -0.25) is 0 Å². The Morgan fingerprint density at radius 1 is 1.11 bits per heavy atom. The monoisotopic (exact) mass is 273 g/mol. The van der Waals surface area contributed by atoms with E-state index < -0.39 is 0 Å². The lowest BCUT2D eigenvalue weighted by atomic mass is 10.1. The average molecular weight is 273 g/mol. The van der Waals surface area contributed by atoms with Crippen molar-refractivity contribution in [2.45, 2.75) is 17.9 Å². The summed E-state index contributed by atoms with van der Waals surface area (Å²) in [4.78, 5) is 1.30. The number of rotatable bonds is 6. The van der Waals surface area contributed by atoms with Crippen LogP contribution in [0.4, 0.5) is 0 Å². The second-order valence-electron chi connectivity index (χ2n) is 4.43. The summed E-state index contributed by atoms with van der Waals surface area (Å²) in [5.74, 6) is 1.36. The molecule has 2 nitrogen and oxygen atoms in total. The zero-order valence-corrected chi connectivity index (χ0v) is 11.9. The number of thioether (sulfide) groups is 1. The second-order valence-corrected chi connectivity index (χ2v) is 5.60. The van der Waals surface area contributed by atoms with Gasteiger partial charge in [0.2, 0.25) is 0 Å². The molecule has 2 N–H and O–H groups in total. The molecule has 2 rings (SSSR count). The van der Waals surface area contributed by atoms with E-state index in [0.29, 0.717) is 5.75 Å². The van der Waals surface area contributed by atoms with E-state index in [1.807, 2.05) is 36.0 Å². The lowest BCUT2D eigenvalue weighted by Gasteiger charge is -2.14. The summed E-state index contributed by atoms with van der Waals surface area (Å²) >= 11 is 1.85. The van der Waals surface area contributed by atoms with E-state index in [-0.39, 0.29) is 6.04 Å². The molecule has 0 aromatic heterocycles. The Morgan fingerprint density at radius 2 is 1.89 bits per heavy atom. The first-order valence-corrected chi connectivity index (χ1v) is 7.44. The highest BCUT2D eigenvalue weighted by atomic mass is 32.2. The minimum absolute atomic E-state index is 0.253. The van der Waals surface area contributed by atoms with Gasteiger partial charge in [-0.25, -0.2) is 0 Å². The zero-order chi connectivity index (χ0) is 13.5. The summed E-state index contributed by atoms with van der Waals surface area (Å²) in [6.45, 7) is 3.05. The lowest BCUT2D eigenvalue weighted by molar-refractivity contribution is 0.472. The summed E-state index contributed by atoms with van der Waals surface area (Å²) in [5, 5.41) is 12.9. The Morgan fingerprint density at radius 3 is 2.63 bits per heavy atom. The summed E-state index contributed by atoms with van der Waals surface area (Å²) in [6, 6.07) is 18.1. The Kier molecular flexibility index (Phi) is 5.31. The molecule has 0 saturated heterocycles. The molecule has 1 unspecified atom stereocenters. The number of phenolic OH excluding ortho intramolecular Hbond substituents is 1. The average Bonchev–Trinajstić information content (AvgIpc) is 2.44. The first kappa shape index (κ1) is 14.0. The molecule has 0 amide bonds. The lowest BCUT2D eigenvalue weighted by Crippen LogP contribution is -2.21. The van der Waals surface area contributed by atoms with Crippen LogP contribution in [0, 0.1) is 0 Å². The van der Waals surface area contributed by atoms with Crippen LogP contribution >= 0.6 is 11.8 Å². The van der Waals surface area contributed by atoms with Crippen LogP contribution < -0.4 is 5.32 Å². The summed E-state index contributed by atoms with van der Waals surface area (Å²) in [6.07, 6.45) is 0. The van der Waals surface area contributed by atoms with Crippen molar-refractivity contribution in [3.05, 3.63) is 60.2 Å². The molecule has 3 heteroatoms. The molecule has 0 aliphatic rings. The van der Waals surface area contributed by atoms with Gasteiger partial charge in [0.05, 0.1) is 0 Å². The fraction of sp³-hybridized carbons (Fsp3) is 0.250. The highest BCUT2D eigenvalue weighted by molar-refractivity contribution is 7.99. The predicted octanol–water partition coefficient (Wildman–Crippen LogP) is 3.84. The van der Waals surface area contributed by atoms with Crippen LogP contribution in [0.5, 0.6) is 5.75 Å². The van der Waals surface area contributed by atoms with Crippen LogP contribution in [0.25, 0.3) is 0 Å². The van der Waals surface area contributed by atoms with E-state index in [9.17, 15) is 5.11 Å². The third-order valence-corrected chi connectivity index (χ3v) is 3.95. The summed E-state index contributed by atoms with van der Waals surface area (Å²) < 4.78 is 0. The van der Waals surface area contributed by atoms with E-state index in [1.54, 1.807) is 6.07 Å². The van der Waals surface area contributed by atoms with Gasteiger partial charge in [0.25, 0.3) is 0 Å². The van der Waals surface area contributed by atoms with Crippen molar-refractivity contribution in [1.29, 1.82) is 0 Å². The molecule has 0 spiro atoms. The smallest absolute Gasteiger partial charge is 0.115 e. The number of hydrogen-bond donors (Lipinski definition) is 2. The largest absolute Gasteiger partial charge is 0.508 e. The minimum atomic E-state index is 0.253. The fourth-order valence-electron chi connectivity index (χ4n) is 1.87. The first-order chi connectivity index (χ1) is 9.25. The van der Waals surface area contributed by atoms with Crippen LogP contribution in [0.1, 0.15) is 18.5 Å². The zero-order valence-electron chi connectivity index (χ0n) is 11.0. The molecule has 19 heavy (non-hydrogen) atoms. The van der Waals surface area contributed by atoms with Crippen molar-refractivity contribution in [3.8, 4) is 5.75 Å². The Balaban J connectivity index is 1.74. The molecule has 0 aliphatic carbocycles. The van der Waals surface area contributed by atoms with E-state index in [0.717, 1.165) is 17.9 Å². The minimum Gasteiger partial charge on any atom is -0.508 e. The topological polar surface area (TPSA) is 32.3 Å². The van der Waals surface area contributed by atoms with Gasteiger partial charge in [0.15, 0.2) is 0 Å². The standard InChI is InChI=1S/C16H19NOS/c1-13(14-6-5-7-15(18)12-14)17-10-11-19-16-8-3-2-4-9-16/h2-9,12-13,17-18H,10-11H2,1H3. The van der Waals surface area contributed by atoms with Crippen molar-refractivity contribution >= 4 is 11.8 Å². The second kappa shape index (κ2) is 7.22. The molecule has 0 saturated carbocycles. The van der Waals surface area contributed by atoms with Crippen molar-refractivity contribution < 1.29 is 5.11 Å². The molecule has 1 atom stereocenters. The number of phenols is 1. The number of aromatic hydroxyl groups is 1. The molecule has 0 bridgehead atoms. The van der Waals surface area contributed by atoms with Gasteiger partial charge >= 0.3 is 0 Å². The quantitative estimate of drug-likeness (QED) is 0.619. The molecular weight excluding hydrogens is 254 g/mol. The highest BCUT2D eigenvalue weighted by Gasteiger charge is 2.04. The van der Waals surface area contributed by atoms with Gasteiger partial charge in [0, 0.05) is 23.2 Å². The van der Waals surface area contributed by atoms with Crippen molar-refractivity contribution in [2.24, 2.45) is 0 Å². The van der Waals surface area contributed by atoms with Crippen molar-refractivity contribution in [3.63, 3.8) is 0 Å². The van der Waals surface area contributed by atoms with E-state index >= 15 is 0 Å².